The van der Waals surface area contributed by atoms with Crippen LogP contribution in [0.1, 0.15) is 40.9 Å². The summed E-state index contributed by atoms with van der Waals surface area (Å²) in [5, 5.41) is 5.65. The third kappa shape index (κ3) is 5.21. The van der Waals surface area contributed by atoms with Crippen LogP contribution in [0.3, 0.4) is 0 Å². The second-order valence-electron chi connectivity index (χ2n) is 5.45. The van der Waals surface area contributed by atoms with Gasteiger partial charge in [0.25, 0.3) is 5.91 Å². The number of aromatic nitrogens is 1. The van der Waals surface area contributed by atoms with E-state index in [0.29, 0.717) is 12.1 Å². The minimum atomic E-state index is -0.165. The van der Waals surface area contributed by atoms with Gasteiger partial charge in [0, 0.05) is 30.9 Å². The van der Waals surface area contributed by atoms with Gasteiger partial charge < -0.3 is 10.6 Å². The molecule has 0 saturated carbocycles. The van der Waals surface area contributed by atoms with Crippen LogP contribution in [0.25, 0.3) is 0 Å². The van der Waals surface area contributed by atoms with E-state index >= 15 is 0 Å². The number of hydrogen-bond acceptors (Lipinski definition) is 3. The van der Waals surface area contributed by atoms with Gasteiger partial charge in [-0.2, -0.15) is 0 Å². The van der Waals surface area contributed by atoms with Crippen molar-refractivity contribution >= 4 is 11.8 Å². The van der Waals surface area contributed by atoms with Crippen LogP contribution in [0, 0.1) is 6.92 Å². The molecule has 1 heterocycles. The van der Waals surface area contributed by atoms with Crippen LogP contribution >= 0.6 is 0 Å². The summed E-state index contributed by atoms with van der Waals surface area (Å²) in [6, 6.07) is 11.0. The van der Waals surface area contributed by atoms with Gasteiger partial charge in [-0.3, -0.25) is 14.6 Å². The number of amides is 2. The van der Waals surface area contributed by atoms with Gasteiger partial charge in [-0.15, -0.1) is 0 Å². The lowest BCUT2D eigenvalue weighted by Crippen LogP contribution is -2.32. The smallest absolute Gasteiger partial charge is 0.251 e. The molecule has 2 N–H and O–H groups in total. The first kappa shape index (κ1) is 16.7. The van der Waals surface area contributed by atoms with E-state index in [1.807, 2.05) is 44.2 Å². The predicted molar refractivity (Wildman–Crippen MR) is 88.9 cm³/mol. The summed E-state index contributed by atoms with van der Waals surface area (Å²) in [7, 11) is 0. The molecule has 0 saturated heterocycles. The van der Waals surface area contributed by atoms with Crippen molar-refractivity contribution in [1.82, 2.24) is 15.6 Å². The average Bonchev–Trinajstić information content (AvgIpc) is 2.55. The topological polar surface area (TPSA) is 71.1 Å². The zero-order valence-corrected chi connectivity index (χ0v) is 13.4. The van der Waals surface area contributed by atoms with Crippen molar-refractivity contribution in [1.29, 1.82) is 0 Å². The van der Waals surface area contributed by atoms with E-state index in [4.69, 9.17) is 0 Å². The molecular weight excluding hydrogens is 290 g/mol. The maximum Gasteiger partial charge on any atom is 0.251 e. The number of pyridine rings is 1. The molecule has 23 heavy (non-hydrogen) atoms. The van der Waals surface area contributed by atoms with Crippen molar-refractivity contribution in [3.63, 3.8) is 0 Å². The third-order valence-corrected chi connectivity index (χ3v) is 3.48. The molecule has 0 radical (unpaired) electrons. The van der Waals surface area contributed by atoms with Crippen LogP contribution in [0.15, 0.2) is 48.8 Å². The Morgan fingerprint density at radius 1 is 1.22 bits per heavy atom. The maximum absolute atomic E-state index is 12.0. The first-order chi connectivity index (χ1) is 11.1. The minimum Gasteiger partial charge on any atom is -0.352 e. The van der Waals surface area contributed by atoms with E-state index in [-0.39, 0.29) is 24.3 Å². The van der Waals surface area contributed by atoms with Crippen LogP contribution in [-0.4, -0.2) is 23.3 Å². The van der Waals surface area contributed by atoms with Gasteiger partial charge in [-0.05, 0) is 37.6 Å². The van der Waals surface area contributed by atoms with Crippen LogP contribution in [-0.2, 0) is 4.79 Å². The molecule has 0 aliphatic rings. The summed E-state index contributed by atoms with van der Waals surface area (Å²) in [5.74, 6) is -0.271. The Morgan fingerprint density at radius 3 is 2.74 bits per heavy atom. The van der Waals surface area contributed by atoms with E-state index in [0.717, 1.165) is 11.1 Å². The molecule has 0 fully saturated rings. The van der Waals surface area contributed by atoms with Crippen molar-refractivity contribution in [2.24, 2.45) is 0 Å². The van der Waals surface area contributed by atoms with Crippen molar-refractivity contribution in [2.75, 3.05) is 6.54 Å². The van der Waals surface area contributed by atoms with E-state index in [1.54, 1.807) is 18.5 Å². The molecule has 0 aliphatic heterocycles. The van der Waals surface area contributed by atoms with E-state index in [1.165, 1.54) is 0 Å². The van der Waals surface area contributed by atoms with Gasteiger partial charge in [0.05, 0.1) is 6.04 Å². The minimum absolute atomic E-state index is 0.106. The molecule has 1 unspecified atom stereocenters. The molecule has 120 valence electrons. The van der Waals surface area contributed by atoms with Gasteiger partial charge >= 0.3 is 0 Å². The fourth-order valence-corrected chi connectivity index (χ4v) is 2.21. The third-order valence-electron chi connectivity index (χ3n) is 3.48. The second-order valence-corrected chi connectivity index (χ2v) is 5.45. The quantitative estimate of drug-likeness (QED) is 0.860. The molecule has 2 rings (SSSR count). The predicted octanol–water partition coefficient (Wildman–Crippen LogP) is 2.39. The highest BCUT2D eigenvalue weighted by atomic mass is 16.2. The van der Waals surface area contributed by atoms with E-state index < -0.39 is 0 Å². The van der Waals surface area contributed by atoms with Crippen LogP contribution in [0.5, 0.6) is 0 Å². The van der Waals surface area contributed by atoms with Gasteiger partial charge in [-0.25, -0.2) is 0 Å². The molecule has 5 heteroatoms. The molecule has 2 amide bonds. The first-order valence-corrected chi connectivity index (χ1v) is 7.60. The fourth-order valence-electron chi connectivity index (χ4n) is 2.21. The van der Waals surface area contributed by atoms with Crippen LogP contribution < -0.4 is 10.6 Å². The monoisotopic (exact) mass is 311 g/mol. The Balaban J connectivity index is 1.75. The van der Waals surface area contributed by atoms with Crippen molar-refractivity contribution < 1.29 is 9.59 Å². The number of hydrogen-bond donors (Lipinski definition) is 2. The standard InChI is InChI=1S/C18H21N3O2/c1-13-5-3-6-15(11-13)18(23)20-10-8-17(22)21-14(2)16-7-4-9-19-12-16/h3-7,9,11-12,14H,8,10H2,1-2H3,(H,20,23)(H,21,22). The molecular formula is C18H21N3O2. The summed E-state index contributed by atoms with van der Waals surface area (Å²) >= 11 is 0. The summed E-state index contributed by atoms with van der Waals surface area (Å²) in [6.07, 6.45) is 3.66. The molecule has 1 atom stereocenters. The zero-order chi connectivity index (χ0) is 16.7. The van der Waals surface area contributed by atoms with Gasteiger partial charge in [0.15, 0.2) is 0 Å². The van der Waals surface area contributed by atoms with E-state index in [2.05, 4.69) is 15.6 Å². The Hall–Kier alpha value is -2.69. The highest BCUT2D eigenvalue weighted by Gasteiger charge is 2.10. The number of rotatable bonds is 6. The largest absolute Gasteiger partial charge is 0.352 e. The summed E-state index contributed by atoms with van der Waals surface area (Å²) < 4.78 is 0. The van der Waals surface area contributed by atoms with Gasteiger partial charge in [0.1, 0.15) is 0 Å². The maximum atomic E-state index is 12.0. The molecule has 0 bridgehead atoms. The number of benzene rings is 1. The normalized spacial score (nSPS) is 11.6. The number of carbonyl (C=O) groups is 2. The molecule has 1 aromatic carbocycles. The lowest BCUT2D eigenvalue weighted by molar-refractivity contribution is -0.121. The Bertz CT molecular complexity index is 671. The van der Waals surface area contributed by atoms with Crippen LogP contribution in [0.4, 0.5) is 0 Å². The van der Waals surface area contributed by atoms with Crippen LogP contribution in [0.2, 0.25) is 0 Å². The Labute approximate surface area is 136 Å². The average molecular weight is 311 g/mol. The number of nitrogens with zero attached hydrogens (tertiary/aromatic N) is 1. The molecule has 1 aromatic heterocycles. The lowest BCUT2D eigenvalue weighted by Gasteiger charge is -2.14. The van der Waals surface area contributed by atoms with Gasteiger partial charge in [0.2, 0.25) is 5.91 Å². The lowest BCUT2D eigenvalue weighted by atomic mass is 10.1. The summed E-state index contributed by atoms with van der Waals surface area (Å²) in [4.78, 5) is 27.9. The fraction of sp³-hybridized carbons (Fsp3) is 0.278. The molecule has 5 nitrogen and oxygen atoms in total. The highest BCUT2D eigenvalue weighted by molar-refractivity contribution is 5.94. The Kier molecular flexibility index (Phi) is 5.86. The molecule has 0 aliphatic carbocycles. The van der Waals surface area contributed by atoms with Crippen molar-refractivity contribution in [2.45, 2.75) is 26.3 Å². The number of aryl methyl sites for hydroxylation is 1. The number of nitrogens with one attached hydrogen (secondary N) is 2. The first-order valence-electron chi connectivity index (χ1n) is 7.60. The zero-order valence-electron chi connectivity index (χ0n) is 13.4. The SMILES string of the molecule is Cc1cccc(C(=O)NCCC(=O)NC(C)c2cccnc2)c1. The number of carbonyl (C=O) groups excluding carboxylic acids is 2. The summed E-state index contributed by atoms with van der Waals surface area (Å²) in [6.45, 7) is 4.14. The Morgan fingerprint density at radius 2 is 2.04 bits per heavy atom. The van der Waals surface area contributed by atoms with Crippen molar-refractivity contribution in [3.05, 3.63) is 65.5 Å². The molecule has 2 aromatic rings. The summed E-state index contributed by atoms with van der Waals surface area (Å²) in [5.41, 5.74) is 2.58. The second kappa shape index (κ2) is 8.08. The molecule has 0 spiro atoms. The van der Waals surface area contributed by atoms with E-state index in [9.17, 15) is 9.59 Å². The highest BCUT2D eigenvalue weighted by Crippen LogP contribution is 2.09. The van der Waals surface area contributed by atoms with Gasteiger partial charge in [-0.1, -0.05) is 23.8 Å². The van der Waals surface area contributed by atoms with Crippen molar-refractivity contribution in [3.8, 4) is 0 Å².